The van der Waals surface area contributed by atoms with Crippen molar-refractivity contribution in [2.75, 3.05) is 13.2 Å². The van der Waals surface area contributed by atoms with Crippen molar-refractivity contribution in [2.45, 2.75) is 50.5 Å². The molecule has 0 bridgehead atoms. The lowest BCUT2D eigenvalue weighted by Crippen LogP contribution is -2.41. The number of fused-ring (bicyclic) bond motifs is 3. The topological polar surface area (TPSA) is 105 Å². The molecule has 0 aromatic heterocycles. The number of carbonyl (C=O) groups is 3. The van der Waals surface area contributed by atoms with E-state index in [1.807, 2.05) is 36.4 Å². The van der Waals surface area contributed by atoms with Crippen LogP contribution in [0.15, 0.2) is 48.5 Å². The fourth-order valence-electron chi connectivity index (χ4n) is 4.09. The summed E-state index contributed by atoms with van der Waals surface area (Å²) >= 11 is 0. The molecule has 0 fully saturated rings. The molecule has 0 heterocycles. The maximum absolute atomic E-state index is 12.4. The third kappa shape index (κ3) is 6.76. The average molecular weight is 475 g/mol. The summed E-state index contributed by atoms with van der Waals surface area (Å²) in [6.07, 6.45) is -2.59. The van der Waals surface area contributed by atoms with E-state index in [-0.39, 0.29) is 18.9 Å². The Balaban J connectivity index is 1.33. The minimum atomic E-state index is -2.81. The van der Waals surface area contributed by atoms with Crippen LogP contribution in [0.3, 0.4) is 0 Å². The van der Waals surface area contributed by atoms with Gasteiger partial charge in [0.15, 0.2) is 0 Å². The molecule has 9 heteroatoms. The number of rotatable bonds is 12. The van der Waals surface area contributed by atoms with Gasteiger partial charge < -0.3 is 20.5 Å². The monoisotopic (exact) mass is 474 g/mol. The molecule has 2 aromatic carbocycles. The second-order valence-electron chi connectivity index (χ2n) is 8.15. The molecule has 0 aliphatic heterocycles. The standard InChI is InChI=1S/C25H28F2N2O5/c26-22(27)14-21(24(31)32)29-23(30)12-2-1-7-13-28-25(33)34-15-20-18-10-5-3-8-16(18)17-9-4-6-11-19(17)20/h3-6,8-11,20-22H,1-2,7,12-15H2,(H,28,33)(H,29,30)(H,31,32). The number of alkyl halides is 2. The van der Waals surface area contributed by atoms with Crippen molar-refractivity contribution in [2.24, 2.45) is 0 Å². The molecule has 3 rings (SSSR count). The van der Waals surface area contributed by atoms with Crippen LogP contribution >= 0.6 is 0 Å². The summed E-state index contributed by atoms with van der Waals surface area (Å²) in [5.41, 5.74) is 4.57. The molecule has 1 aliphatic rings. The number of halogens is 2. The number of amides is 2. The van der Waals surface area contributed by atoms with Gasteiger partial charge in [0.05, 0.1) is 0 Å². The van der Waals surface area contributed by atoms with Crippen LogP contribution in [0.25, 0.3) is 11.1 Å². The molecule has 182 valence electrons. The number of hydrogen-bond acceptors (Lipinski definition) is 4. The predicted octanol–water partition coefficient (Wildman–Crippen LogP) is 4.31. The quantitative estimate of drug-likeness (QED) is 0.398. The number of carboxylic acid groups (broad SMARTS) is 1. The molecule has 0 saturated carbocycles. The molecule has 7 nitrogen and oxygen atoms in total. The largest absolute Gasteiger partial charge is 0.480 e. The fraction of sp³-hybridized carbons (Fsp3) is 0.400. The highest BCUT2D eigenvalue weighted by atomic mass is 19.3. The smallest absolute Gasteiger partial charge is 0.407 e. The summed E-state index contributed by atoms with van der Waals surface area (Å²) in [6, 6.07) is 14.5. The molecule has 1 atom stereocenters. The lowest BCUT2D eigenvalue weighted by Gasteiger charge is -2.15. The Labute approximate surface area is 196 Å². The number of ether oxygens (including phenoxy) is 1. The van der Waals surface area contributed by atoms with Crippen molar-refractivity contribution in [1.29, 1.82) is 0 Å². The number of aliphatic carboxylic acids is 1. The summed E-state index contributed by atoms with van der Waals surface area (Å²) in [6.45, 7) is 0.588. The van der Waals surface area contributed by atoms with Crippen LogP contribution in [-0.4, -0.2) is 48.7 Å². The Bertz CT molecular complexity index is 969. The number of alkyl carbamates (subject to hydrolysis) is 1. The minimum absolute atomic E-state index is 0.0173. The molecule has 3 N–H and O–H groups in total. The molecule has 2 aromatic rings. The van der Waals surface area contributed by atoms with E-state index in [0.717, 1.165) is 22.3 Å². The number of carbonyl (C=O) groups excluding carboxylic acids is 2. The van der Waals surface area contributed by atoms with E-state index in [1.54, 1.807) is 0 Å². The van der Waals surface area contributed by atoms with Gasteiger partial charge in [-0.3, -0.25) is 4.79 Å². The highest BCUT2D eigenvalue weighted by Gasteiger charge is 2.29. The molecule has 0 radical (unpaired) electrons. The third-order valence-electron chi connectivity index (χ3n) is 5.74. The molecule has 0 spiro atoms. The Morgan fingerprint density at radius 3 is 2.15 bits per heavy atom. The molecule has 34 heavy (non-hydrogen) atoms. The highest BCUT2D eigenvalue weighted by molar-refractivity contribution is 5.83. The van der Waals surface area contributed by atoms with Gasteiger partial charge >= 0.3 is 12.1 Å². The summed E-state index contributed by atoms with van der Waals surface area (Å²) in [7, 11) is 0. The Morgan fingerprint density at radius 1 is 0.941 bits per heavy atom. The van der Waals surface area contributed by atoms with Crippen LogP contribution in [0.5, 0.6) is 0 Å². The van der Waals surface area contributed by atoms with Gasteiger partial charge in [0.2, 0.25) is 12.3 Å². The van der Waals surface area contributed by atoms with Gasteiger partial charge in [0, 0.05) is 25.3 Å². The average Bonchev–Trinajstić information content (AvgIpc) is 3.13. The maximum atomic E-state index is 12.4. The summed E-state index contributed by atoms with van der Waals surface area (Å²) in [4.78, 5) is 34.8. The van der Waals surface area contributed by atoms with Crippen LogP contribution in [0.4, 0.5) is 13.6 Å². The predicted molar refractivity (Wildman–Crippen MR) is 122 cm³/mol. The van der Waals surface area contributed by atoms with Crippen molar-refractivity contribution in [3.05, 3.63) is 59.7 Å². The summed E-state index contributed by atoms with van der Waals surface area (Å²) in [5.74, 6) is -2.09. The number of hydrogen-bond donors (Lipinski definition) is 3. The van der Waals surface area contributed by atoms with Crippen molar-refractivity contribution in [1.82, 2.24) is 10.6 Å². The zero-order valence-corrected chi connectivity index (χ0v) is 18.6. The van der Waals surface area contributed by atoms with E-state index >= 15 is 0 Å². The van der Waals surface area contributed by atoms with E-state index in [1.165, 1.54) is 0 Å². The van der Waals surface area contributed by atoms with Crippen molar-refractivity contribution >= 4 is 18.0 Å². The first-order valence-corrected chi connectivity index (χ1v) is 11.3. The molecular weight excluding hydrogens is 446 g/mol. The van der Waals surface area contributed by atoms with E-state index in [2.05, 4.69) is 22.8 Å². The summed E-state index contributed by atoms with van der Waals surface area (Å²) < 4.78 is 30.2. The first kappa shape index (κ1) is 25.1. The molecule has 2 amide bonds. The fourth-order valence-corrected chi connectivity index (χ4v) is 4.09. The number of carboxylic acids is 1. The van der Waals surface area contributed by atoms with Gasteiger partial charge in [-0.15, -0.1) is 0 Å². The van der Waals surface area contributed by atoms with E-state index in [4.69, 9.17) is 9.84 Å². The van der Waals surface area contributed by atoms with Gasteiger partial charge in [-0.25, -0.2) is 18.4 Å². The second kappa shape index (κ2) is 12.1. The van der Waals surface area contributed by atoms with Crippen LogP contribution < -0.4 is 10.6 Å². The maximum Gasteiger partial charge on any atom is 0.407 e. The Morgan fingerprint density at radius 2 is 1.56 bits per heavy atom. The second-order valence-corrected chi connectivity index (χ2v) is 8.15. The van der Waals surface area contributed by atoms with Gasteiger partial charge in [-0.1, -0.05) is 55.0 Å². The van der Waals surface area contributed by atoms with Crippen LogP contribution in [-0.2, 0) is 14.3 Å². The first-order chi connectivity index (χ1) is 16.4. The summed E-state index contributed by atoms with van der Waals surface area (Å²) in [5, 5.41) is 13.7. The van der Waals surface area contributed by atoms with E-state index in [9.17, 15) is 23.2 Å². The van der Waals surface area contributed by atoms with Crippen LogP contribution in [0.1, 0.15) is 49.1 Å². The van der Waals surface area contributed by atoms with Crippen LogP contribution in [0.2, 0.25) is 0 Å². The van der Waals surface area contributed by atoms with Gasteiger partial charge in [-0.2, -0.15) is 0 Å². The van der Waals surface area contributed by atoms with Crippen LogP contribution in [0, 0.1) is 0 Å². The Hall–Kier alpha value is -3.49. The molecular formula is C25H28F2N2O5. The minimum Gasteiger partial charge on any atom is -0.480 e. The zero-order chi connectivity index (χ0) is 24.5. The Kier molecular flexibility index (Phi) is 8.95. The lowest BCUT2D eigenvalue weighted by atomic mass is 9.98. The van der Waals surface area contributed by atoms with Gasteiger partial charge in [0.25, 0.3) is 0 Å². The zero-order valence-electron chi connectivity index (χ0n) is 18.6. The first-order valence-electron chi connectivity index (χ1n) is 11.3. The van der Waals surface area contributed by atoms with E-state index in [0.29, 0.717) is 25.8 Å². The lowest BCUT2D eigenvalue weighted by molar-refractivity contribution is -0.143. The van der Waals surface area contributed by atoms with Crippen molar-refractivity contribution in [3.8, 4) is 11.1 Å². The molecule has 0 saturated heterocycles. The van der Waals surface area contributed by atoms with Gasteiger partial charge in [0.1, 0.15) is 12.6 Å². The number of benzene rings is 2. The molecule has 1 aliphatic carbocycles. The highest BCUT2D eigenvalue weighted by Crippen LogP contribution is 2.44. The molecule has 1 unspecified atom stereocenters. The normalized spacial score (nSPS) is 13.1. The number of nitrogens with one attached hydrogen (secondary N) is 2. The van der Waals surface area contributed by atoms with Gasteiger partial charge in [-0.05, 0) is 35.1 Å². The van der Waals surface area contributed by atoms with Crippen molar-refractivity contribution < 1.29 is 33.0 Å². The number of unbranched alkanes of at least 4 members (excludes halogenated alkanes) is 2. The SMILES string of the molecule is O=C(CCCCCNC(=O)OCC1c2ccccc2-c2ccccc21)NC(CC(F)F)C(=O)O. The van der Waals surface area contributed by atoms with E-state index < -0.39 is 36.9 Å². The third-order valence-corrected chi connectivity index (χ3v) is 5.74. The van der Waals surface area contributed by atoms with Crippen molar-refractivity contribution in [3.63, 3.8) is 0 Å².